The fraction of sp³-hybridized carbons (Fsp3) is 0.192. The molecule has 0 aromatic heterocycles. The molecule has 0 aliphatic carbocycles. The molecule has 0 saturated carbocycles. The fourth-order valence-corrected chi connectivity index (χ4v) is 4.79. The van der Waals surface area contributed by atoms with E-state index in [2.05, 4.69) is 5.32 Å². The van der Waals surface area contributed by atoms with E-state index in [0.717, 1.165) is 21.6 Å². The number of hydrogen-bond donors (Lipinski definition) is 1. The van der Waals surface area contributed by atoms with Crippen LogP contribution in [0.1, 0.15) is 23.1 Å². The summed E-state index contributed by atoms with van der Waals surface area (Å²) in [7, 11) is 0. The highest BCUT2D eigenvalue weighted by molar-refractivity contribution is 8.00. The van der Waals surface area contributed by atoms with Crippen LogP contribution in [0, 0.1) is 13.8 Å². The van der Waals surface area contributed by atoms with Crippen LogP contribution < -0.4 is 10.2 Å². The third kappa shape index (κ3) is 5.46. The van der Waals surface area contributed by atoms with Gasteiger partial charge in [0.2, 0.25) is 17.7 Å². The highest BCUT2D eigenvalue weighted by Crippen LogP contribution is 2.35. The summed E-state index contributed by atoms with van der Waals surface area (Å²) in [6, 6.07) is 20.1. The first-order valence-electron chi connectivity index (χ1n) is 10.6. The maximum absolute atomic E-state index is 12.9. The van der Waals surface area contributed by atoms with Gasteiger partial charge < -0.3 is 5.32 Å². The zero-order chi connectivity index (χ0) is 23.5. The van der Waals surface area contributed by atoms with Crippen LogP contribution in [0.4, 0.5) is 11.4 Å². The van der Waals surface area contributed by atoms with Crippen LogP contribution in [-0.2, 0) is 20.8 Å². The number of hydrogen-bond acceptors (Lipinski definition) is 4. The summed E-state index contributed by atoms with van der Waals surface area (Å²) in [4.78, 5) is 39.9. The Morgan fingerprint density at radius 1 is 1.00 bits per heavy atom. The zero-order valence-electron chi connectivity index (χ0n) is 18.3. The monoisotopic (exact) mass is 478 g/mol. The molecule has 1 saturated heterocycles. The topological polar surface area (TPSA) is 66.5 Å². The molecule has 5 nitrogen and oxygen atoms in total. The standard InChI is InChI=1S/C26H23ClN2O3S/c1-16-3-10-21(13-17(16)2)29-25(31)15-23(26(29)32)33-22-11-8-20(9-12-22)28-24(30)14-18-4-6-19(27)7-5-18/h3-13,23H,14-15H2,1-2H3,(H,28,30)/t23-/m0/s1. The van der Waals surface area contributed by atoms with E-state index in [1.54, 1.807) is 24.3 Å². The van der Waals surface area contributed by atoms with E-state index in [-0.39, 0.29) is 30.6 Å². The number of nitrogens with one attached hydrogen (secondary N) is 1. The lowest BCUT2D eigenvalue weighted by molar-refractivity contribution is -0.121. The summed E-state index contributed by atoms with van der Waals surface area (Å²) in [6.45, 7) is 3.96. The number of carbonyl (C=O) groups is 3. The Morgan fingerprint density at radius 3 is 2.36 bits per heavy atom. The fourth-order valence-electron chi connectivity index (χ4n) is 3.61. The maximum Gasteiger partial charge on any atom is 0.247 e. The number of nitrogens with zero attached hydrogens (tertiary/aromatic N) is 1. The van der Waals surface area contributed by atoms with Crippen molar-refractivity contribution in [3.8, 4) is 0 Å². The molecule has 3 aromatic rings. The van der Waals surface area contributed by atoms with Gasteiger partial charge in [-0.3, -0.25) is 14.4 Å². The highest BCUT2D eigenvalue weighted by Gasteiger charge is 2.40. The largest absolute Gasteiger partial charge is 0.326 e. The van der Waals surface area contributed by atoms with E-state index < -0.39 is 5.25 Å². The summed E-state index contributed by atoms with van der Waals surface area (Å²) in [5.41, 5.74) is 4.32. The lowest BCUT2D eigenvalue weighted by Crippen LogP contribution is -2.31. The second-order valence-corrected chi connectivity index (χ2v) is 9.73. The van der Waals surface area contributed by atoms with Crippen molar-refractivity contribution >= 4 is 52.5 Å². The lowest BCUT2D eigenvalue weighted by Gasteiger charge is -2.16. The Hall–Kier alpha value is -3.09. The number of anilines is 2. The maximum atomic E-state index is 12.9. The number of imide groups is 1. The van der Waals surface area contributed by atoms with Gasteiger partial charge in [-0.25, -0.2) is 4.90 Å². The highest BCUT2D eigenvalue weighted by atomic mass is 35.5. The van der Waals surface area contributed by atoms with Gasteiger partial charge in [-0.05, 0) is 79.1 Å². The summed E-state index contributed by atoms with van der Waals surface area (Å²) in [6.07, 6.45) is 0.413. The number of benzene rings is 3. The van der Waals surface area contributed by atoms with Crippen molar-refractivity contribution in [2.75, 3.05) is 10.2 Å². The Balaban J connectivity index is 1.37. The molecule has 1 N–H and O–H groups in total. The normalized spacial score (nSPS) is 15.7. The summed E-state index contributed by atoms with van der Waals surface area (Å²) < 4.78 is 0. The number of aryl methyl sites for hydroxylation is 2. The Morgan fingerprint density at radius 2 is 1.70 bits per heavy atom. The van der Waals surface area contributed by atoms with E-state index in [4.69, 9.17) is 11.6 Å². The molecule has 7 heteroatoms. The average Bonchev–Trinajstić information content (AvgIpc) is 3.06. The van der Waals surface area contributed by atoms with Crippen molar-refractivity contribution in [2.45, 2.75) is 36.8 Å². The van der Waals surface area contributed by atoms with Crippen molar-refractivity contribution in [3.05, 3.63) is 88.4 Å². The summed E-state index contributed by atoms with van der Waals surface area (Å²) in [5, 5.41) is 3.03. The average molecular weight is 479 g/mol. The van der Waals surface area contributed by atoms with Gasteiger partial charge in [0.1, 0.15) is 0 Å². The van der Waals surface area contributed by atoms with Crippen LogP contribution in [0.2, 0.25) is 5.02 Å². The first-order valence-corrected chi connectivity index (χ1v) is 11.8. The lowest BCUT2D eigenvalue weighted by atomic mass is 10.1. The minimum atomic E-state index is -0.468. The van der Waals surface area contributed by atoms with Gasteiger partial charge in [-0.2, -0.15) is 0 Å². The Bertz CT molecular complexity index is 1210. The molecule has 3 amide bonds. The van der Waals surface area contributed by atoms with Crippen LogP contribution in [0.15, 0.2) is 71.6 Å². The van der Waals surface area contributed by atoms with Crippen LogP contribution in [-0.4, -0.2) is 23.0 Å². The van der Waals surface area contributed by atoms with Crippen molar-refractivity contribution in [2.24, 2.45) is 0 Å². The molecule has 0 radical (unpaired) electrons. The van der Waals surface area contributed by atoms with Gasteiger partial charge in [0, 0.05) is 22.0 Å². The molecule has 1 fully saturated rings. The van der Waals surface area contributed by atoms with Gasteiger partial charge in [0.25, 0.3) is 0 Å². The SMILES string of the molecule is Cc1ccc(N2C(=O)C[C@H](Sc3ccc(NC(=O)Cc4ccc(Cl)cc4)cc3)C2=O)cc1C. The van der Waals surface area contributed by atoms with Gasteiger partial charge >= 0.3 is 0 Å². The molecule has 0 spiro atoms. The summed E-state index contributed by atoms with van der Waals surface area (Å²) >= 11 is 7.24. The minimum Gasteiger partial charge on any atom is -0.326 e. The Kier molecular flexibility index (Phi) is 6.86. The number of rotatable bonds is 6. The molecule has 4 rings (SSSR count). The Labute approximate surface area is 202 Å². The van der Waals surface area contributed by atoms with Gasteiger partial charge in [0.05, 0.1) is 17.4 Å². The van der Waals surface area contributed by atoms with Gasteiger partial charge in [-0.1, -0.05) is 29.8 Å². The second kappa shape index (κ2) is 9.81. The first-order chi connectivity index (χ1) is 15.8. The number of thioether (sulfide) groups is 1. The number of carbonyl (C=O) groups excluding carboxylic acids is 3. The van der Waals surface area contributed by atoms with Crippen molar-refractivity contribution in [1.82, 2.24) is 0 Å². The van der Waals surface area contributed by atoms with Gasteiger partial charge in [-0.15, -0.1) is 11.8 Å². The molecule has 1 atom stereocenters. The van der Waals surface area contributed by atoms with E-state index in [0.29, 0.717) is 16.4 Å². The third-order valence-corrected chi connectivity index (χ3v) is 7.00. The van der Waals surface area contributed by atoms with E-state index in [1.807, 2.05) is 56.3 Å². The molecule has 3 aromatic carbocycles. The third-order valence-electron chi connectivity index (χ3n) is 5.55. The van der Waals surface area contributed by atoms with Crippen LogP contribution in [0.3, 0.4) is 0 Å². The molecule has 0 bridgehead atoms. The van der Waals surface area contributed by atoms with E-state index >= 15 is 0 Å². The molecule has 33 heavy (non-hydrogen) atoms. The molecule has 1 heterocycles. The smallest absolute Gasteiger partial charge is 0.247 e. The quantitative estimate of drug-likeness (QED) is 0.471. The molecule has 1 aliphatic rings. The molecule has 168 valence electrons. The molecule has 0 unspecified atom stereocenters. The number of amides is 3. The van der Waals surface area contributed by atoms with Crippen molar-refractivity contribution < 1.29 is 14.4 Å². The van der Waals surface area contributed by atoms with E-state index in [1.165, 1.54) is 16.7 Å². The summed E-state index contributed by atoms with van der Waals surface area (Å²) in [5.74, 6) is -0.515. The van der Waals surface area contributed by atoms with Crippen LogP contribution >= 0.6 is 23.4 Å². The molecule has 1 aliphatic heterocycles. The molecular weight excluding hydrogens is 456 g/mol. The predicted octanol–water partition coefficient (Wildman–Crippen LogP) is 5.56. The minimum absolute atomic E-state index is 0.127. The first kappa shape index (κ1) is 23.1. The molecular formula is C26H23ClN2O3S. The van der Waals surface area contributed by atoms with Gasteiger partial charge in [0.15, 0.2) is 0 Å². The second-order valence-electron chi connectivity index (χ2n) is 8.02. The van der Waals surface area contributed by atoms with Crippen molar-refractivity contribution in [3.63, 3.8) is 0 Å². The van der Waals surface area contributed by atoms with Crippen LogP contribution in [0.25, 0.3) is 0 Å². The predicted molar refractivity (Wildman–Crippen MR) is 133 cm³/mol. The van der Waals surface area contributed by atoms with E-state index in [9.17, 15) is 14.4 Å². The zero-order valence-corrected chi connectivity index (χ0v) is 19.9. The van der Waals surface area contributed by atoms with Crippen molar-refractivity contribution in [1.29, 1.82) is 0 Å². The number of halogens is 1. The van der Waals surface area contributed by atoms with Crippen LogP contribution in [0.5, 0.6) is 0 Å².